The minimum Gasteiger partial charge on any atom is -0.408 e. The number of rotatable bonds is 2. The molecule has 0 saturated carbocycles. The molecule has 1 heterocycles. The standard InChI is InChI=1S/C5H4N2O4/c6-5(8)3-1-4(7(9)10)11-2-3/h1-2H,(H2,6,8). The first-order valence-electron chi connectivity index (χ1n) is 2.64. The van der Waals surface area contributed by atoms with Gasteiger partial charge >= 0.3 is 5.88 Å². The van der Waals surface area contributed by atoms with Crippen LogP contribution < -0.4 is 5.73 Å². The third kappa shape index (κ3) is 1.34. The van der Waals surface area contributed by atoms with Gasteiger partial charge in [-0.1, -0.05) is 0 Å². The largest absolute Gasteiger partial charge is 0.433 e. The minimum absolute atomic E-state index is 0.00306. The van der Waals surface area contributed by atoms with Crippen molar-refractivity contribution in [3.63, 3.8) is 0 Å². The van der Waals surface area contributed by atoms with E-state index in [1.54, 1.807) is 0 Å². The molecule has 0 spiro atoms. The molecule has 0 aromatic carbocycles. The number of hydrogen-bond acceptors (Lipinski definition) is 4. The van der Waals surface area contributed by atoms with Crippen LogP contribution in [-0.2, 0) is 0 Å². The highest BCUT2D eigenvalue weighted by Crippen LogP contribution is 2.14. The van der Waals surface area contributed by atoms with Gasteiger partial charge in [0.15, 0.2) is 0 Å². The first kappa shape index (κ1) is 7.26. The summed E-state index contributed by atoms with van der Waals surface area (Å²) in [5.74, 6) is -1.24. The quantitative estimate of drug-likeness (QED) is 0.491. The highest BCUT2D eigenvalue weighted by Gasteiger charge is 2.14. The van der Waals surface area contributed by atoms with E-state index in [9.17, 15) is 14.9 Å². The monoisotopic (exact) mass is 156 g/mol. The fraction of sp³-hybridized carbons (Fsp3) is 0. The van der Waals surface area contributed by atoms with Crippen LogP contribution in [0, 0.1) is 10.1 Å². The lowest BCUT2D eigenvalue weighted by Crippen LogP contribution is -2.09. The fourth-order valence-corrected chi connectivity index (χ4v) is 0.550. The number of hydrogen-bond donors (Lipinski definition) is 1. The van der Waals surface area contributed by atoms with E-state index in [1.807, 2.05) is 0 Å². The average Bonchev–Trinajstić information content (AvgIpc) is 2.33. The van der Waals surface area contributed by atoms with Gasteiger partial charge in [-0.2, -0.15) is 0 Å². The lowest BCUT2D eigenvalue weighted by molar-refractivity contribution is -0.402. The summed E-state index contributed by atoms with van der Waals surface area (Å²) in [7, 11) is 0. The molecule has 1 aromatic rings. The molecule has 0 atom stereocenters. The number of nitro groups is 1. The molecular weight excluding hydrogens is 152 g/mol. The number of carbonyl (C=O) groups is 1. The summed E-state index contributed by atoms with van der Waals surface area (Å²) in [5, 5.41) is 10.00. The number of nitrogens with zero attached hydrogens (tertiary/aromatic N) is 1. The Morgan fingerprint density at radius 2 is 2.36 bits per heavy atom. The Hall–Kier alpha value is -1.85. The lowest BCUT2D eigenvalue weighted by Gasteiger charge is -1.79. The van der Waals surface area contributed by atoms with Crippen molar-refractivity contribution in [2.45, 2.75) is 0 Å². The van der Waals surface area contributed by atoms with Crippen molar-refractivity contribution in [3.05, 3.63) is 28.0 Å². The molecule has 11 heavy (non-hydrogen) atoms. The van der Waals surface area contributed by atoms with Gasteiger partial charge in [0.05, 0.1) is 11.6 Å². The predicted molar refractivity (Wildman–Crippen MR) is 33.9 cm³/mol. The van der Waals surface area contributed by atoms with Gasteiger partial charge in [-0.25, -0.2) is 0 Å². The molecule has 0 aliphatic rings. The normalized spacial score (nSPS) is 9.45. The fourth-order valence-electron chi connectivity index (χ4n) is 0.550. The summed E-state index contributed by atoms with van der Waals surface area (Å²) in [6.07, 6.45) is 0.945. The molecule has 58 valence electrons. The summed E-state index contributed by atoms with van der Waals surface area (Å²) >= 11 is 0. The average molecular weight is 156 g/mol. The van der Waals surface area contributed by atoms with Gasteiger partial charge in [-0.05, 0) is 0 Å². The minimum atomic E-state index is -0.748. The van der Waals surface area contributed by atoms with Gasteiger partial charge in [0.1, 0.15) is 11.2 Å². The van der Waals surface area contributed by atoms with Crippen molar-refractivity contribution in [1.29, 1.82) is 0 Å². The molecule has 1 aromatic heterocycles. The Kier molecular flexibility index (Phi) is 1.59. The van der Waals surface area contributed by atoms with Crippen LogP contribution in [-0.4, -0.2) is 10.8 Å². The van der Waals surface area contributed by atoms with Crippen LogP contribution in [0.3, 0.4) is 0 Å². The van der Waals surface area contributed by atoms with E-state index < -0.39 is 16.7 Å². The van der Waals surface area contributed by atoms with E-state index >= 15 is 0 Å². The molecule has 0 aliphatic carbocycles. The summed E-state index contributed by atoms with van der Waals surface area (Å²) in [4.78, 5) is 19.6. The Morgan fingerprint density at radius 3 is 2.64 bits per heavy atom. The SMILES string of the molecule is NC(=O)c1coc([N+](=O)[O-])c1. The van der Waals surface area contributed by atoms with E-state index in [4.69, 9.17) is 5.73 Å². The number of primary amides is 1. The molecule has 1 rings (SSSR count). The number of nitrogens with two attached hydrogens (primary N) is 1. The number of amides is 1. The van der Waals surface area contributed by atoms with Crippen LogP contribution in [0.4, 0.5) is 5.88 Å². The van der Waals surface area contributed by atoms with Crippen molar-refractivity contribution in [1.82, 2.24) is 0 Å². The van der Waals surface area contributed by atoms with Crippen LogP contribution in [0.1, 0.15) is 10.4 Å². The maximum Gasteiger partial charge on any atom is 0.433 e. The zero-order valence-electron chi connectivity index (χ0n) is 5.31. The van der Waals surface area contributed by atoms with Crippen molar-refractivity contribution >= 4 is 11.8 Å². The van der Waals surface area contributed by atoms with Crippen molar-refractivity contribution < 1.29 is 14.1 Å². The second-order valence-electron chi connectivity index (χ2n) is 1.79. The van der Waals surface area contributed by atoms with Gasteiger partial charge < -0.3 is 10.2 Å². The van der Waals surface area contributed by atoms with Crippen LogP contribution in [0.5, 0.6) is 0 Å². The molecule has 0 fully saturated rings. The molecule has 2 N–H and O–H groups in total. The Bertz CT molecular complexity index is 275. The van der Waals surface area contributed by atoms with E-state index in [2.05, 4.69) is 4.42 Å². The summed E-state index contributed by atoms with van der Waals surface area (Å²) in [6, 6.07) is 0.975. The lowest BCUT2D eigenvalue weighted by atomic mass is 10.3. The predicted octanol–water partition coefficient (Wildman–Crippen LogP) is 0.287. The smallest absolute Gasteiger partial charge is 0.408 e. The molecule has 6 nitrogen and oxygen atoms in total. The molecule has 0 saturated heterocycles. The molecule has 0 bridgehead atoms. The molecular formula is C5H4N2O4. The summed E-state index contributed by atoms with van der Waals surface area (Å²) in [5.41, 5.74) is 4.80. The molecule has 1 amide bonds. The third-order valence-electron chi connectivity index (χ3n) is 1.05. The van der Waals surface area contributed by atoms with Crippen LogP contribution in [0.2, 0.25) is 0 Å². The third-order valence-corrected chi connectivity index (χ3v) is 1.05. The van der Waals surface area contributed by atoms with Crippen LogP contribution >= 0.6 is 0 Å². The Balaban J connectivity index is 2.99. The Labute approximate surface area is 60.7 Å². The highest BCUT2D eigenvalue weighted by molar-refractivity contribution is 5.92. The zero-order valence-corrected chi connectivity index (χ0v) is 5.31. The van der Waals surface area contributed by atoms with Crippen LogP contribution in [0.15, 0.2) is 16.7 Å². The second kappa shape index (κ2) is 2.41. The van der Waals surface area contributed by atoms with Gasteiger partial charge in [0, 0.05) is 0 Å². The molecule has 6 heteroatoms. The van der Waals surface area contributed by atoms with E-state index in [0.29, 0.717) is 0 Å². The van der Waals surface area contributed by atoms with Gasteiger partial charge in [-0.15, -0.1) is 0 Å². The Morgan fingerprint density at radius 1 is 1.73 bits per heavy atom. The first-order chi connectivity index (χ1) is 5.11. The summed E-state index contributed by atoms with van der Waals surface area (Å²) < 4.78 is 4.39. The van der Waals surface area contributed by atoms with Crippen molar-refractivity contribution in [2.75, 3.05) is 0 Å². The highest BCUT2D eigenvalue weighted by atomic mass is 16.6. The second-order valence-corrected chi connectivity index (χ2v) is 1.79. The van der Waals surface area contributed by atoms with E-state index in [0.717, 1.165) is 12.3 Å². The number of furan rings is 1. The zero-order chi connectivity index (χ0) is 8.43. The molecule has 0 unspecified atom stereocenters. The van der Waals surface area contributed by atoms with Crippen molar-refractivity contribution in [3.8, 4) is 0 Å². The maximum atomic E-state index is 10.4. The van der Waals surface area contributed by atoms with E-state index in [1.165, 1.54) is 0 Å². The number of carbonyl (C=O) groups excluding carboxylic acids is 1. The topological polar surface area (TPSA) is 99.4 Å². The van der Waals surface area contributed by atoms with Gasteiger partial charge in [-0.3, -0.25) is 14.9 Å². The van der Waals surface area contributed by atoms with Gasteiger partial charge in [0.25, 0.3) is 5.91 Å². The summed E-state index contributed by atoms with van der Waals surface area (Å²) in [6.45, 7) is 0. The maximum absolute atomic E-state index is 10.4. The first-order valence-corrected chi connectivity index (χ1v) is 2.64. The van der Waals surface area contributed by atoms with Crippen molar-refractivity contribution in [2.24, 2.45) is 5.73 Å². The molecule has 0 aliphatic heterocycles. The van der Waals surface area contributed by atoms with Crippen LogP contribution in [0.25, 0.3) is 0 Å². The van der Waals surface area contributed by atoms with Gasteiger partial charge in [0.2, 0.25) is 0 Å². The van der Waals surface area contributed by atoms with E-state index in [-0.39, 0.29) is 5.56 Å². The molecule has 0 radical (unpaired) electrons.